The molecule has 1 aromatic rings. The lowest BCUT2D eigenvalue weighted by molar-refractivity contribution is 0.00293. The second-order valence-corrected chi connectivity index (χ2v) is 4.81. The maximum atomic E-state index is 5.71. The molecule has 4 N–H and O–H groups in total. The van der Waals surface area contributed by atoms with Gasteiger partial charge in [-0.25, -0.2) is 0 Å². The largest absolute Gasteiger partial charge is 0.378 e. The maximum absolute atomic E-state index is 5.71. The number of ether oxygens (including phenoxy) is 1. The van der Waals surface area contributed by atoms with Gasteiger partial charge in [0.05, 0.1) is 6.10 Å². The molecule has 0 spiro atoms. The number of nitrogens with zero attached hydrogens (tertiary/aromatic N) is 2. The Morgan fingerprint density at radius 1 is 1.32 bits per heavy atom. The van der Waals surface area contributed by atoms with Crippen LogP contribution >= 0.6 is 0 Å². The number of nitrogens with one attached hydrogen (secondary N) is 2. The van der Waals surface area contributed by atoms with Crippen LogP contribution in [0.3, 0.4) is 0 Å². The molecule has 106 valence electrons. The van der Waals surface area contributed by atoms with E-state index in [1.807, 2.05) is 13.0 Å². The monoisotopic (exact) mass is 265 g/mol. The highest BCUT2D eigenvalue weighted by atomic mass is 16.5. The molecule has 1 aliphatic carbocycles. The van der Waals surface area contributed by atoms with Crippen LogP contribution in [0.15, 0.2) is 6.07 Å². The second-order valence-electron chi connectivity index (χ2n) is 4.81. The van der Waals surface area contributed by atoms with Gasteiger partial charge in [-0.05, 0) is 26.2 Å². The first-order chi connectivity index (χ1) is 9.21. The summed E-state index contributed by atoms with van der Waals surface area (Å²) >= 11 is 0. The first-order valence-corrected chi connectivity index (χ1v) is 6.97. The van der Waals surface area contributed by atoms with Crippen molar-refractivity contribution in [3.63, 3.8) is 0 Å². The number of nitrogens with two attached hydrogens (primary N) is 1. The van der Waals surface area contributed by atoms with Gasteiger partial charge >= 0.3 is 0 Å². The van der Waals surface area contributed by atoms with Crippen molar-refractivity contribution in [3.05, 3.63) is 6.07 Å². The van der Waals surface area contributed by atoms with Crippen LogP contribution in [-0.2, 0) is 4.74 Å². The zero-order chi connectivity index (χ0) is 13.7. The van der Waals surface area contributed by atoms with Crippen LogP contribution in [-0.4, -0.2) is 35.3 Å². The molecule has 6 nitrogen and oxygen atoms in total. The summed E-state index contributed by atoms with van der Waals surface area (Å²) in [6.45, 7) is 5.80. The molecule has 0 amide bonds. The molecule has 0 saturated heterocycles. The summed E-state index contributed by atoms with van der Waals surface area (Å²) < 4.78 is 5.54. The van der Waals surface area contributed by atoms with Crippen molar-refractivity contribution in [3.8, 4) is 0 Å². The summed E-state index contributed by atoms with van der Waals surface area (Å²) in [5, 5.41) is 6.59. The number of anilines is 3. The minimum Gasteiger partial charge on any atom is -0.378 e. The van der Waals surface area contributed by atoms with Crippen molar-refractivity contribution in [2.75, 3.05) is 29.5 Å². The van der Waals surface area contributed by atoms with E-state index in [2.05, 4.69) is 27.5 Å². The van der Waals surface area contributed by atoms with Crippen LogP contribution in [0.1, 0.15) is 33.1 Å². The van der Waals surface area contributed by atoms with E-state index < -0.39 is 0 Å². The third kappa shape index (κ3) is 3.96. The van der Waals surface area contributed by atoms with E-state index in [-0.39, 0.29) is 0 Å². The summed E-state index contributed by atoms with van der Waals surface area (Å²) in [7, 11) is 0. The Kier molecular flexibility index (Phi) is 4.79. The molecule has 0 atom stereocenters. The molecule has 1 fully saturated rings. The fourth-order valence-electron chi connectivity index (χ4n) is 2.15. The van der Waals surface area contributed by atoms with Gasteiger partial charge in [-0.15, -0.1) is 0 Å². The zero-order valence-electron chi connectivity index (χ0n) is 11.6. The van der Waals surface area contributed by atoms with Gasteiger partial charge in [-0.3, -0.25) is 0 Å². The van der Waals surface area contributed by atoms with Crippen molar-refractivity contribution >= 4 is 17.6 Å². The van der Waals surface area contributed by atoms with Gasteiger partial charge in [-0.2, -0.15) is 9.97 Å². The lowest BCUT2D eigenvalue weighted by atomic mass is 9.89. The second kappa shape index (κ2) is 6.56. The summed E-state index contributed by atoms with van der Waals surface area (Å²) in [6.07, 6.45) is 3.48. The van der Waals surface area contributed by atoms with Crippen molar-refractivity contribution in [2.45, 2.75) is 45.3 Å². The molecule has 19 heavy (non-hydrogen) atoms. The summed E-state index contributed by atoms with van der Waals surface area (Å²) in [6, 6.07) is 2.32. The van der Waals surface area contributed by atoms with Crippen molar-refractivity contribution in [2.24, 2.45) is 0 Å². The molecule has 0 unspecified atom stereocenters. The molecule has 6 heteroatoms. The molecule has 1 aliphatic rings. The molecule has 1 aromatic heterocycles. The molecule has 0 radical (unpaired) electrons. The predicted molar refractivity (Wildman–Crippen MR) is 77.3 cm³/mol. The van der Waals surface area contributed by atoms with Gasteiger partial charge < -0.3 is 21.1 Å². The van der Waals surface area contributed by atoms with Crippen LogP contribution < -0.4 is 16.4 Å². The van der Waals surface area contributed by atoms with E-state index in [1.54, 1.807) is 0 Å². The number of aromatic nitrogens is 2. The maximum Gasteiger partial charge on any atom is 0.223 e. The van der Waals surface area contributed by atoms with Gasteiger partial charge in [-0.1, -0.05) is 6.92 Å². The number of hydrogen-bond acceptors (Lipinski definition) is 6. The Balaban J connectivity index is 1.88. The molecule has 0 aromatic carbocycles. The molecule has 2 rings (SSSR count). The smallest absolute Gasteiger partial charge is 0.223 e. The third-order valence-corrected chi connectivity index (χ3v) is 3.15. The highest BCUT2D eigenvalue weighted by Gasteiger charge is 2.29. The highest BCUT2D eigenvalue weighted by molar-refractivity contribution is 5.51. The highest BCUT2D eigenvalue weighted by Crippen LogP contribution is 2.26. The Hall–Kier alpha value is -1.56. The molecular formula is C13H23N5O. The molecule has 1 saturated carbocycles. The Morgan fingerprint density at radius 2 is 2.05 bits per heavy atom. The fraction of sp³-hybridized carbons (Fsp3) is 0.692. The number of rotatable bonds is 7. The van der Waals surface area contributed by atoms with Crippen LogP contribution in [0.2, 0.25) is 0 Å². The first kappa shape index (κ1) is 13.9. The van der Waals surface area contributed by atoms with E-state index in [0.717, 1.165) is 44.0 Å². The number of hydrogen-bond donors (Lipinski definition) is 3. The summed E-state index contributed by atoms with van der Waals surface area (Å²) in [4.78, 5) is 8.37. The average molecular weight is 265 g/mol. The summed E-state index contributed by atoms with van der Waals surface area (Å²) in [5.74, 6) is 1.85. The van der Waals surface area contributed by atoms with Crippen LogP contribution in [0.4, 0.5) is 17.6 Å². The van der Waals surface area contributed by atoms with Crippen molar-refractivity contribution in [1.82, 2.24) is 9.97 Å². The average Bonchev–Trinajstić information content (AvgIpc) is 2.33. The Labute approximate surface area is 114 Å². The van der Waals surface area contributed by atoms with Gasteiger partial charge in [0.25, 0.3) is 0 Å². The lowest BCUT2D eigenvalue weighted by Gasteiger charge is -2.35. The van der Waals surface area contributed by atoms with E-state index in [4.69, 9.17) is 10.5 Å². The van der Waals surface area contributed by atoms with E-state index >= 15 is 0 Å². The van der Waals surface area contributed by atoms with E-state index in [9.17, 15) is 0 Å². The topological polar surface area (TPSA) is 85.1 Å². The standard InChI is InChI=1S/C13H23N5O/c1-3-5-15-11-8-12(18-13(14)17-11)16-9-6-10(7-9)19-4-2/h8-10H,3-7H2,1-2H3,(H4,14,15,16,17,18). The lowest BCUT2D eigenvalue weighted by Crippen LogP contribution is -2.41. The van der Waals surface area contributed by atoms with Crippen LogP contribution in [0.5, 0.6) is 0 Å². The van der Waals surface area contributed by atoms with E-state index in [0.29, 0.717) is 18.1 Å². The minimum absolute atomic E-state index is 0.296. The first-order valence-electron chi connectivity index (χ1n) is 6.97. The van der Waals surface area contributed by atoms with Gasteiger partial charge in [0.1, 0.15) is 11.6 Å². The molecule has 0 bridgehead atoms. The zero-order valence-corrected chi connectivity index (χ0v) is 11.6. The molecular weight excluding hydrogens is 242 g/mol. The van der Waals surface area contributed by atoms with Gasteiger partial charge in [0.2, 0.25) is 5.95 Å². The summed E-state index contributed by atoms with van der Waals surface area (Å²) in [5.41, 5.74) is 5.71. The van der Waals surface area contributed by atoms with Crippen LogP contribution in [0.25, 0.3) is 0 Å². The van der Waals surface area contributed by atoms with Crippen LogP contribution in [0, 0.1) is 0 Å². The Morgan fingerprint density at radius 3 is 2.74 bits per heavy atom. The van der Waals surface area contributed by atoms with Crippen molar-refractivity contribution < 1.29 is 4.74 Å². The van der Waals surface area contributed by atoms with Crippen molar-refractivity contribution in [1.29, 1.82) is 0 Å². The number of nitrogen functional groups attached to an aromatic ring is 1. The SMILES string of the molecule is CCCNc1cc(NC2CC(OCC)C2)nc(N)n1. The minimum atomic E-state index is 0.296. The fourth-order valence-corrected chi connectivity index (χ4v) is 2.15. The predicted octanol–water partition coefficient (Wildman–Crippen LogP) is 1.86. The quantitative estimate of drug-likeness (QED) is 0.698. The normalized spacial score (nSPS) is 21.8. The van der Waals surface area contributed by atoms with Gasteiger partial charge in [0, 0.05) is 25.3 Å². The Bertz CT molecular complexity index is 406. The van der Waals surface area contributed by atoms with Gasteiger partial charge in [0.15, 0.2) is 0 Å². The third-order valence-electron chi connectivity index (χ3n) is 3.15. The van der Waals surface area contributed by atoms with E-state index in [1.165, 1.54) is 0 Å². The molecule has 0 aliphatic heterocycles. The molecule has 1 heterocycles.